The summed E-state index contributed by atoms with van der Waals surface area (Å²) in [5.41, 5.74) is 1.92. The van der Waals surface area contributed by atoms with Crippen LogP contribution in [0, 0.1) is 6.92 Å². The fraction of sp³-hybridized carbons (Fsp3) is 0.217. The van der Waals surface area contributed by atoms with E-state index in [1.165, 1.54) is 23.9 Å². The van der Waals surface area contributed by atoms with Crippen LogP contribution in [-0.2, 0) is 11.3 Å². The Balaban J connectivity index is 1.68. The molecule has 0 aliphatic carbocycles. The molecule has 3 aromatic rings. The van der Waals surface area contributed by atoms with Crippen LogP contribution in [0.5, 0.6) is 0 Å². The Hall–Kier alpha value is -2.52. The molecule has 0 bridgehead atoms. The van der Waals surface area contributed by atoms with Gasteiger partial charge in [0, 0.05) is 17.1 Å². The molecule has 0 aliphatic rings. The second-order valence-corrected chi connectivity index (χ2v) is 9.58. The van der Waals surface area contributed by atoms with Crippen LogP contribution in [0.3, 0.4) is 0 Å². The number of amides is 2. The Morgan fingerprint density at radius 2 is 1.79 bits per heavy atom. The summed E-state index contributed by atoms with van der Waals surface area (Å²) in [5, 5.41) is 15.4. The minimum Gasteiger partial charge on any atom is -0.342 e. The van der Waals surface area contributed by atoms with Gasteiger partial charge in [-0.05, 0) is 38.1 Å². The third-order valence-electron chi connectivity index (χ3n) is 4.71. The van der Waals surface area contributed by atoms with Crippen molar-refractivity contribution in [3.8, 4) is 0 Å². The number of anilines is 1. The van der Waals surface area contributed by atoms with Gasteiger partial charge in [-0.3, -0.25) is 9.59 Å². The lowest BCUT2D eigenvalue weighted by Gasteiger charge is -2.15. The van der Waals surface area contributed by atoms with Crippen LogP contribution in [0.2, 0.25) is 15.1 Å². The number of thioether (sulfide) groups is 1. The van der Waals surface area contributed by atoms with E-state index in [-0.39, 0.29) is 27.6 Å². The van der Waals surface area contributed by atoms with Gasteiger partial charge in [0.2, 0.25) is 5.91 Å². The largest absolute Gasteiger partial charge is 0.342 e. The molecule has 2 amide bonds. The molecule has 0 spiro atoms. The summed E-state index contributed by atoms with van der Waals surface area (Å²) in [6.07, 6.45) is 1.69. The number of aromatic nitrogens is 3. The van der Waals surface area contributed by atoms with Crippen molar-refractivity contribution in [2.75, 3.05) is 11.1 Å². The SMILES string of the molecule is C=CCn1c(SCC(=O)Nc2c(Cl)cc(Cl)cc2Cl)nnc1[C@@H](C)NC(=O)c1ccc(C)cc1. The summed E-state index contributed by atoms with van der Waals surface area (Å²) in [6, 6.07) is 9.87. The summed E-state index contributed by atoms with van der Waals surface area (Å²) in [4.78, 5) is 25.1. The molecule has 0 radical (unpaired) electrons. The van der Waals surface area contributed by atoms with Crippen LogP contribution in [0.1, 0.15) is 34.7 Å². The van der Waals surface area contributed by atoms with E-state index >= 15 is 0 Å². The van der Waals surface area contributed by atoms with Crippen molar-refractivity contribution in [1.82, 2.24) is 20.1 Å². The number of hydrogen-bond donors (Lipinski definition) is 2. The van der Waals surface area contributed by atoms with E-state index in [1.807, 2.05) is 26.0 Å². The van der Waals surface area contributed by atoms with Gasteiger partial charge in [-0.2, -0.15) is 0 Å². The van der Waals surface area contributed by atoms with Gasteiger partial charge >= 0.3 is 0 Å². The summed E-state index contributed by atoms with van der Waals surface area (Å²) < 4.78 is 1.80. The number of benzene rings is 2. The van der Waals surface area contributed by atoms with E-state index in [0.29, 0.717) is 33.8 Å². The van der Waals surface area contributed by atoms with E-state index in [9.17, 15) is 9.59 Å². The van der Waals surface area contributed by atoms with Crippen molar-refractivity contribution in [3.05, 3.63) is 81.1 Å². The van der Waals surface area contributed by atoms with E-state index in [2.05, 4.69) is 27.4 Å². The summed E-state index contributed by atoms with van der Waals surface area (Å²) in [6.45, 7) is 7.97. The lowest BCUT2D eigenvalue weighted by atomic mass is 10.1. The molecule has 11 heteroatoms. The number of halogens is 3. The monoisotopic (exact) mass is 537 g/mol. The van der Waals surface area contributed by atoms with E-state index < -0.39 is 6.04 Å². The van der Waals surface area contributed by atoms with Gasteiger partial charge in [0.15, 0.2) is 11.0 Å². The van der Waals surface area contributed by atoms with Crippen molar-refractivity contribution >= 4 is 64.1 Å². The molecular formula is C23H22Cl3N5O2S. The first kappa shape index (κ1) is 26.1. The Labute approximate surface area is 216 Å². The molecule has 1 heterocycles. The zero-order valence-corrected chi connectivity index (χ0v) is 21.5. The molecule has 0 unspecified atom stereocenters. The Kier molecular flexibility index (Phi) is 9.02. The van der Waals surface area contributed by atoms with Crippen molar-refractivity contribution in [2.24, 2.45) is 0 Å². The van der Waals surface area contributed by atoms with Crippen LogP contribution < -0.4 is 10.6 Å². The highest BCUT2D eigenvalue weighted by molar-refractivity contribution is 7.99. The maximum Gasteiger partial charge on any atom is 0.251 e. The highest BCUT2D eigenvalue weighted by atomic mass is 35.5. The molecule has 2 N–H and O–H groups in total. The van der Waals surface area contributed by atoms with Crippen molar-refractivity contribution < 1.29 is 9.59 Å². The standard InChI is InChI=1S/C23H22Cl3N5O2S/c1-4-9-31-21(14(3)27-22(33)15-7-5-13(2)6-8-15)29-30-23(31)34-12-19(32)28-20-17(25)10-16(24)11-18(20)26/h4-8,10-11,14H,1,9,12H2,2-3H3,(H,27,33)(H,28,32)/t14-/m1/s1. The van der Waals surface area contributed by atoms with Gasteiger partial charge in [0.25, 0.3) is 5.91 Å². The van der Waals surface area contributed by atoms with Crippen LogP contribution in [-0.4, -0.2) is 32.3 Å². The lowest BCUT2D eigenvalue weighted by Crippen LogP contribution is -2.28. The van der Waals surface area contributed by atoms with Crippen molar-refractivity contribution in [1.29, 1.82) is 0 Å². The number of nitrogens with zero attached hydrogens (tertiary/aromatic N) is 3. The van der Waals surface area contributed by atoms with Crippen LogP contribution in [0.15, 0.2) is 54.2 Å². The third-order valence-corrected chi connectivity index (χ3v) is 6.49. The normalized spacial score (nSPS) is 11.7. The summed E-state index contributed by atoms with van der Waals surface area (Å²) in [7, 11) is 0. The minimum atomic E-state index is -0.420. The molecule has 0 fully saturated rings. The number of nitrogens with one attached hydrogen (secondary N) is 2. The maximum absolute atomic E-state index is 12.6. The molecule has 0 saturated heterocycles. The van der Waals surface area contributed by atoms with E-state index in [1.54, 1.807) is 22.8 Å². The molecule has 2 aromatic carbocycles. The molecule has 178 valence electrons. The zero-order valence-electron chi connectivity index (χ0n) is 18.4. The number of carbonyl (C=O) groups is 2. The molecule has 0 saturated carbocycles. The molecule has 34 heavy (non-hydrogen) atoms. The molecule has 1 atom stereocenters. The van der Waals surface area contributed by atoms with E-state index in [0.717, 1.165) is 5.56 Å². The predicted octanol–water partition coefficient (Wildman–Crippen LogP) is 5.95. The molecule has 7 nitrogen and oxygen atoms in total. The molecule has 3 rings (SSSR count). The summed E-state index contributed by atoms with van der Waals surface area (Å²) in [5.74, 6) is 0.0406. The fourth-order valence-corrected chi connectivity index (χ4v) is 4.71. The number of carbonyl (C=O) groups excluding carboxylic acids is 2. The minimum absolute atomic E-state index is 0.0364. The zero-order chi connectivity index (χ0) is 24.8. The highest BCUT2D eigenvalue weighted by Crippen LogP contribution is 2.34. The lowest BCUT2D eigenvalue weighted by molar-refractivity contribution is -0.113. The first-order valence-electron chi connectivity index (χ1n) is 10.2. The summed E-state index contributed by atoms with van der Waals surface area (Å²) >= 11 is 19.4. The molecule has 0 aliphatic heterocycles. The number of allylic oxidation sites excluding steroid dienone is 1. The van der Waals surface area contributed by atoms with Gasteiger partial charge in [0.05, 0.1) is 27.5 Å². The van der Waals surface area contributed by atoms with E-state index in [4.69, 9.17) is 34.8 Å². The van der Waals surface area contributed by atoms with Crippen LogP contribution in [0.4, 0.5) is 5.69 Å². The number of rotatable bonds is 9. The smallest absolute Gasteiger partial charge is 0.251 e. The third kappa shape index (κ3) is 6.54. The van der Waals surface area contributed by atoms with Gasteiger partial charge < -0.3 is 15.2 Å². The Bertz CT molecular complexity index is 1190. The first-order valence-corrected chi connectivity index (χ1v) is 12.3. The topological polar surface area (TPSA) is 88.9 Å². The van der Waals surface area contributed by atoms with Gasteiger partial charge in [-0.25, -0.2) is 0 Å². The average Bonchev–Trinajstić information content (AvgIpc) is 3.18. The quantitative estimate of drug-likeness (QED) is 0.259. The molecule has 1 aromatic heterocycles. The fourth-order valence-electron chi connectivity index (χ4n) is 3.04. The average molecular weight is 539 g/mol. The predicted molar refractivity (Wildman–Crippen MR) is 138 cm³/mol. The van der Waals surface area contributed by atoms with Gasteiger partial charge in [-0.1, -0.05) is 70.3 Å². The number of aryl methyl sites for hydroxylation is 1. The van der Waals surface area contributed by atoms with Gasteiger partial charge in [-0.15, -0.1) is 16.8 Å². The second-order valence-electron chi connectivity index (χ2n) is 7.38. The Morgan fingerprint density at radius 1 is 1.15 bits per heavy atom. The van der Waals surface area contributed by atoms with Crippen LogP contribution >= 0.6 is 46.6 Å². The highest BCUT2D eigenvalue weighted by Gasteiger charge is 2.21. The number of hydrogen-bond acceptors (Lipinski definition) is 5. The maximum atomic E-state index is 12.6. The van der Waals surface area contributed by atoms with Crippen molar-refractivity contribution in [2.45, 2.75) is 31.6 Å². The molecular weight excluding hydrogens is 517 g/mol. The van der Waals surface area contributed by atoms with Crippen LogP contribution in [0.25, 0.3) is 0 Å². The Morgan fingerprint density at radius 3 is 2.41 bits per heavy atom. The second kappa shape index (κ2) is 11.8. The first-order chi connectivity index (χ1) is 16.2. The van der Waals surface area contributed by atoms with Crippen molar-refractivity contribution in [3.63, 3.8) is 0 Å². The van der Waals surface area contributed by atoms with Gasteiger partial charge in [0.1, 0.15) is 0 Å².